The van der Waals surface area contributed by atoms with Gasteiger partial charge in [-0.25, -0.2) is 4.98 Å². The summed E-state index contributed by atoms with van der Waals surface area (Å²) in [7, 11) is 0. The Labute approximate surface area is 164 Å². The van der Waals surface area contributed by atoms with Crippen molar-refractivity contribution in [1.82, 2.24) is 14.9 Å². The highest BCUT2D eigenvalue weighted by atomic mass is 19.3. The topological polar surface area (TPSA) is 65.4 Å². The number of nitrogens with zero attached hydrogens (tertiary/aromatic N) is 2. The molecule has 29 heavy (non-hydrogen) atoms. The van der Waals surface area contributed by atoms with Gasteiger partial charge in [0.15, 0.2) is 0 Å². The summed E-state index contributed by atoms with van der Waals surface area (Å²) >= 11 is 0. The molecule has 1 aliphatic heterocycles. The number of nitrogens with one attached hydrogen (secondary N) is 1. The summed E-state index contributed by atoms with van der Waals surface area (Å²) in [6.07, 6.45) is 7.38. The standard InChI is InChI=1S/C19H19F4N3O3/c20-18(21)28-14-6-4-12(15(9-14)29-19(22)23)5-7-17(27)24-10-13-11-26-8-2-1-3-16(26)25-13/h4-7,9,11,18-19H,1-3,8,10H2,(H,24,27)/b7-5+. The number of rotatable bonds is 8. The predicted molar refractivity (Wildman–Crippen MR) is 95.8 cm³/mol. The number of carbonyl (C=O) groups excluding carboxylic acids is 1. The van der Waals surface area contributed by atoms with Crippen LogP contribution in [0.2, 0.25) is 0 Å². The summed E-state index contributed by atoms with van der Waals surface area (Å²) in [5.41, 5.74) is 0.846. The van der Waals surface area contributed by atoms with E-state index in [2.05, 4.69) is 24.3 Å². The second-order valence-electron chi connectivity index (χ2n) is 6.31. The van der Waals surface area contributed by atoms with E-state index in [4.69, 9.17) is 0 Å². The van der Waals surface area contributed by atoms with Crippen molar-refractivity contribution in [3.05, 3.63) is 47.6 Å². The van der Waals surface area contributed by atoms with Gasteiger partial charge in [0, 0.05) is 36.9 Å². The third kappa shape index (κ3) is 5.97. The fraction of sp³-hybridized carbons (Fsp3) is 0.368. The predicted octanol–water partition coefficient (Wildman–Crippen LogP) is 3.75. The lowest BCUT2D eigenvalue weighted by Crippen LogP contribution is -2.20. The smallest absolute Gasteiger partial charge is 0.387 e. The molecular formula is C19H19F4N3O3. The molecule has 1 aromatic carbocycles. The number of imidazole rings is 1. The van der Waals surface area contributed by atoms with Gasteiger partial charge in [0.05, 0.1) is 12.2 Å². The maximum Gasteiger partial charge on any atom is 0.387 e. The first-order valence-electron chi connectivity index (χ1n) is 8.95. The zero-order valence-corrected chi connectivity index (χ0v) is 15.3. The van der Waals surface area contributed by atoms with Crippen LogP contribution in [-0.2, 0) is 24.3 Å². The lowest BCUT2D eigenvalue weighted by Gasteiger charge is -2.11. The van der Waals surface area contributed by atoms with Gasteiger partial charge < -0.3 is 19.4 Å². The second kappa shape index (κ2) is 9.44. The fourth-order valence-corrected chi connectivity index (χ4v) is 2.99. The monoisotopic (exact) mass is 413 g/mol. The first-order valence-corrected chi connectivity index (χ1v) is 8.95. The third-order valence-electron chi connectivity index (χ3n) is 4.24. The number of aromatic nitrogens is 2. The summed E-state index contributed by atoms with van der Waals surface area (Å²) < 4.78 is 60.3. The van der Waals surface area contributed by atoms with Gasteiger partial charge >= 0.3 is 13.2 Å². The number of amides is 1. The number of hydrogen-bond donors (Lipinski definition) is 1. The minimum atomic E-state index is -3.16. The number of halogens is 4. The van der Waals surface area contributed by atoms with E-state index in [1.165, 1.54) is 12.1 Å². The molecule has 6 nitrogen and oxygen atoms in total. The van der Waals surface area contributed by atoms with E-state index in [-0.39, 0.29) is 23.6 Å². The van der Waals surface area contributed by atoms with E-state index in [1.807, 2.05) is 6.20 Å². The molecule has 1 aromatic heterocycles. The molecule has 0 unspecified atom stereocenters. The maximum atomic E-state index is 12.6. The molecule has 1 N–H and O–H groups in total. The Hall–Kier alpha value is -3.04. The van der Waals surface area contributed by atoms with E-state index < -0.39 is 19.1 Å². The molecule has 2 aromatic rings. The van der Waals surface area contributed by atoms with Crippen molar-refractivity contribution in [3.63, 3.8) is 0 Å². The number of benzene rings is 1. The number of hydrogen-bond acceptors (Lipinski definition) is 4. The largest absolute Gasteiger partial charge is 0.435 e. The summed E-state index contributed by atoms with van der Waals surface area (Å²) in [5, 5.41) is 2.66. The second-order valence-corrected chi connectivity index (χ2v) is 6.31. The maximum absolute atomic E-state index is 12.6. The highest BCUT2D eigenvalue weighted by Gasteiger charge is 2.14. The molecule has 3 rings (SSSR count). The Kier molecular flexibility index (Phi) is 6.73. The summed E-state index contributed by atoms with van der Waals surface area (Å²) in [5.74, 6) is -0.187. The summed E-state index contributed by atoms with van der Waals surface area (Å²) in [6.45, 7) is -5.13. The Balaban J connectivity index is 1.63. The number of fused-ring (bicyclic) bond motifs is 1. The minimum absolute atomic E-state index is 0.111. The normalized spacial score (nSPS) is 13.7. The third-order valence-corrected chi connectivity index (χ3v) is 4.24. The zero-order chi connectivity index (χ0) is 20.8. The molecule has 0 bridgehead atoms. The van der Waals surface area contributed by atoms with Crippen LogP contribution in [0, 0.1) is 0 Å². The molecule has 0 radical (unpaired) electrons. The minimum Gasteiger partial charge on any atom is -0.435 e. The van der Waals surface area contributed by atoms with E-state index in [9.17, 15) is 22.4 Å². The Morgan fingerprint density at radius 1 is 1.21 bits per heavy atom. The molecule has 2 heterocycles. The molecule has 0 fully saturated rings. The summed E-state index contributed by atoms with van der Waals surface area (Å²) in [4.78, 5) is 16.5. The first kappa shape index (κ1) is 20.7. The Morgan fingerprint density at radius 3 is 2.72 bits per heavy atom. The SMILES string of the molecule is O=C(/C=C/c1ccc(OC(F)F)cc1OC(F)F)NCc1cn2c(n1)CCCC2. The summed E-state index contributed by atoms with van der Waals surface area (Å²) in [6, 6.07) is 3.31. The van der Waals surface area contributed by atoms with Crippen molar-refractivity contribution in [2.24, 2.45) is 0 Å². The van der Waals surface area contributed by atoms with Crippen LogP contribution < -0.4 is 14.8 Å². The van der Waals surface area contributed by atoms with E-state index in [1.54, 1.807) is 0 Å². The lowest BCUT2D eigenvalue weighted by atomic mass is 10.1. The number of aryl methyl sites for hydroxylation is 2. The van der Waals surface area contributed by atoms with Crippen molar-refractivity contribution in [2.75, 3.05) is 0 Å². The van der Waals surface area contributed by atoms with Crippen molar-refractivity contribution in [2.45, 2.75) is 45.6 Å². The molecular weight excluding hydrogens is 394 g/mol. The number of ether oxygens (including phenoxy) is 2. The van der Waals surface area contributed by atoms with Crippen LogP contribution >= 0.6 is 0 Å². The lowest BCUT2D eigenvalue weighted by molar-refractivity contribution is -0.116. The van der Waals surface area contributed by atoms with Crippen LogP contribution in [0.1, 0.15) is 29.9 Å². The van der Waals surface area contributed by atoms with Gasteiger partial charge in [-0.2, -0.15) is 17.6 Å². The van der Waals surface area contributed by atoms with Crippen LogP contribution in [-0.4, -0.2) is 28.7 Å². The van der Waals surface area contributed by atoms with Crippen LogP contribution in [0.5, 0.6) is 11.5 Å². The van der Waals surface area contributed by atoms with E-state index in [0.29, 0.717) is 0 Å². The van der Waals surface area contributed by atoms with Crippen LogP contribution in [0.25, 0.3) is 6.08 Å². The number of carbonyl (C=O) groups is 1. The number of alkyl halides is 4. The molecule has 156 valence electrons. The highest BCUT2D eigenvalue weighted by molar-refractivity contribution is 5.92. The van der Waals surface area contributed by atoms with Gasteiger partial charge in [-0.15, -0.1) is 0 Å². The first-order chi connectivity index (χ1) is 13.9. The van der Waals surface area contributed by atoms with Crippen LogP contribution in [0.15, 0.2) is 30.5 Å². The molecule has 0 saturated heterocycles. The average molecular weight is 413 g/mol. The average Bonchev–Trinajstić information content (AvgIpc) is 3.08. The molecule has 1 amide bonds. The van der Waals surface area contributed by atoms with Gasteiger partial charge in [-0.1, -0.05) is 0 Å². The molecule has 0 atom stereocenters. The van der Waals surface area contributed by atoms with Crippen molar-refractivity contribution >= 4 is 12.0 Å². The van der Waals surface area contributed by atoms with Gasteiger partial charge in [0.25, 0.3) is 0 Å². The van der Waals surface area contributed by atoms with Crippen molar-refractivity contribution < 1.29 is 31.8 Å². The Bertz CT molecular complexity index is 860. The van der Waals surface area contributed by atoms with Crippen LogP contribution in [0.3, 0.4) is 0 Å². The van der Waals surface area contributed by atoms with Crippen LogP contribution in [0.4, 0.5) is 17.6 Å². The molecule has 0 spiro atoms. The quantitative estimate of drug-likeness (QED) is 0.529. The van der Waals surface area contributed by atoms with E-state index in [0.717, 1.165) is 55.5 Å². The van der Waals surface area contributed by atoms with Gasteiger partial charge in [0.1, 0.15) is 17.3 Å². The zero-order valence-electron chi connectivity index (χ0n) is 15.3. The molecule has 10 heteroatoms. The van der Waals surface area contributed by atoms with Gasteiger partial charge in [-0.05, 0) is 31.1 Å². The fourth-order valence-electron chi connectivity index (χ4n) is 2.99. The molecule has 0 aliphatic carbocycles. The molecule has 1 aliphatic rings. The van der Waals surface area contributed by atoms with E-state index >= 15 is 0 Å². The van der Waals surface area contributed by atoms with Gasteiger partial charge in [0.2, 0.25) is 5.91 Å². The van der Waals surface area contributed by atoms with Crippen molar-refractivity contribution in [3.8, 4) is 11.5 Å². The van der Waals surface area contributed by atoms with Gasteiger partial charge in [-0.3, -0.25) is 4.79 Å². The molecule has 0 saturated carbocycles. The highest BCUT2D eigenvalue weighted by Crippen LogP contribution is 2.28. The Morgan fingerprint density at radius 2 is 2.00 bits per heavy atom. The van der Waals surface area contributed by atoms with Crippen molar-refractivity contribution in [1.29, 1.82) is 0 Å².